The largest absolute Gasteiger partial charge is 0.469 e. The van der Waals surface area contributed by atoms with Crippen molar-refractivity contribution >= 4 is 11.9 Å². The lowest BCUT2D eigenvalue weighted by atomic mass is 9.79. The number of ether oxygens (including phenoxy) is 1. The van der Waals surface area contributed by atoms with Crippen LogP contribution in [0, 0.1) is 11.8 Å². The van der Waals surface area contributed by atoms with Crippen molar-refractivity contribution in [3.05, 3.63) is 35.4 Å². The summed E-state index contributed by atoms with van der Waals surface area (Å²) in [5.41, 5.74) is -1.37. The van der Waals surface area contributed by atoms with Crippen LogP contribution in [0.25, 0.3) is 0 Å². The molecule has 0 radical (unpaired) electrons. The minimum absolute atomic E-state index is 0.117. The molecular formula is C17H20F3NO3. The number of rotatable bonds is 4. The van der Waals surface area contributed by atoms with E-state index in [1.807, 2.05) is 0 Å². The summed E-state index contributed by atoms with van der Waals surface area (Å²) >= 11 is 0. The monoisotopic (exact) mass is 343 g/mol. The Morgan fingerprint density at radius 2 is 1.88 bits per heavy atom. The van der Waals surface area contributed by atoms with Crippen LogP contribution in [0.1, 0.15) is 41.6 Å². The maximum Gasteiger partial charge on any atom is 0.417 e. The predicted molar refractivity (Wildman–Crippen MR) is 81.2 cm³/mol. The molecule has 2 unspecified atom stereocenters. The van der Waals surface area contributed by atoms with Crippen molar-refractivity contribution in [3.8, 4) is 0 Å². The maximum atomic E-state index is 13.0. The van der Waals surface area contributed by atoms with Crippen molar-refractivity contribution < 1.29 is 27.5 Å². The van der Waals surface area contributed by atoms with Crippen molar-refractivity contribution in [2.45, 2.75) is 31.9 Å². The number of carbonyl (C=O) groups excluding carboxylic acids is 2. The SMILES string of the molecule is COC(=O)C1CCCCC1CNC(=O)c1ccccc1C(F)(F)F. The first-order valence-corrected chi connectivity index (χ1v) is 7.87. The molecule has 1 aromatic carbocycles. The molecule has 1 amide bonds. The maximum absolute atomic E-state index is 13.0. The van der Waals surface area contributed by atoms with Crippen molar-refractivity contribution in [1.29, 1.82) is 0 Å². The molecule has 132 valence electrons. The highest BCUT2D eigenvalue weighted by Crippen LogP contribution is 2.33. The third-order valence-corrected chi connectivity index (χ3v) is 4.41. The van der Waals surface area contributed by atoms with E-state index in [9.17, 15) is 22.8 Å². The Bertz CT molecular complexity index is 601. The van der Waals surface area contributed by atoms with Crippen LogP contribution < -0.4 is 5.32 Å². The number of carbonyl (C=O) groups is 2. The zero-order chi connectivity index (χ0) is 17.7. The molecular weight excluding hydrogens is 323 g/mol. The molecule has 0 bridgehead atoms. The number of nitrogens with one attached hydrogen (secondary N) is 1. The molecule has 0 saturated heterocycles. The van der Waals surface area contributed by atoms with Crippen LogP contribution in [-0.2, 0) is 15.7 Å². The summed E-state index contributed by atoms with van der Waals surface area (Å²) in [6.07, 6.45) is -1.35. The van der Waals surface area contributed by atoms with Gasteiger partial charge in [-0.05, 0) is 30.9 Å². The minimum Gasteiger partial charge on any atom is -0.469 e. The average molecular weight is 343 g/mol. The van der Waals surface area contributed by atoms with Gasteiger partial charge in [0.2, 0.25) is 0 Å². The van der Waals surface area contributed by atoms with Crippen LogP contribution in [0.5, 0.6) is 0 Å². The molecule has 0 aromatic heterocycles. The molecule has 1 N–H and O–H groups in total. The molecule has 1 aliphatic rings. The number of esters is 1. The molecule has 7 heteroatoms. The van der Waals surface area contributed by atoms with Crippen LogP contribution in [0.3, 0.4) is 0 Å². The van der Waals surface area contributed by atoms with Gasteiger partial charge in [0.25, 0.3) is 5.91 Å². The van der Waals surface area contributed by atoms with Gasteiger partial charge in [0.15, 0.2) is 0 Å². The summed E-state index contributed by atoms with van der Waals surface area (Å²) in [6.45, 7) is 0.158. The average Bonchev–Trinajstić information content (AvgIpc) is 2.58. The third-order valence-electron chi connectivity index (χ3n) is 4.41. The summed E-state index contributed by atoms with van der Waals surface area (Å²) in [7, 11) is 1.31. The van der Waals surface area contributed by atoms with Crippen LogP contribution >= 0.6 is 0 Å². The first kappa shape index (κ1) is 18.3. The Labute approximate surface area is 138 Å². The highest BCUT2D eigenvalue weighted by atomic mass is 19.4. The van der Waals surface area contributed by atoms with E-state index in [1.165, 1.54) is 19.2 Å². The Morgan fingerprint density at radius 1 is 1.21 bits per heavy atom. The fourth-order valence-corrected chi connectivity index (χ4v) is 3.16. The van der Waals surface area contributed by atoms with E-state index in [0.29, 0.717) is 6.42 Å². The topological polar surface area (TPSA) is 55.4 Å². The standard InChI is InChI=1S/C17H20F3NO3/c1-24-16(23)12-7-3-2-6-11(12)10-21-15(22)13-8-4-5-9-14(13)17(18,19)20/h4-5,8-9,11-12H,2-3,6-7,10H2,1H3,(H,21,22). The number of halogens is 3. The van der Waals surface area contributed by atoms with Gasteiger partial charge < -0.3 is 10.1 Å². The number of hydrogen-bond acceptors (Lipinski definition) is 3. The number of alkyl halides is 3. The van der Waals surface area contributed by atoms with E-state index < -0.39 is 23.2 Å². The van der Waals surface area contributed by atoms with Crippen molar-refractivity contribution in [2.24, 2.45) is 11.8 Å². The molecule has 0 aliphatic heterocycles. The van der Waals surface area contributed by atoms with Crippen LogP contribution in [0.2, 0.25) is 0 Å². The quantitative estimate of drug-likeness (QED) is 0.853. The van der Waals surface area contributed by atoms with Gasteiger partial charge in [-0.25, -0.2) is 0 Å². The second-order valence-electron chi connectivity index (χ2n) is 5.93. The highest BCUT2D eigenvalue weighted by molar-refractivity contribution is 5.95. The van der Waals surface area contributed by atoms with Gasteiger partial charge in [-0.3, -0.25) is 9.59 Å². The molecule has 1 saturated carbocycles. The zero-order valence-electron chi connectivity index (χ0n) is 13.4. The lowest BCUT2D eigenvalue weighted by Crippen LogP contribution is -2.38. The van der Waals surface area contributed by atoms with Crippen LogP contribution in [0.15, 0.2) is 24.3 Å². The van der Waals surface area contributed by atoms with E-state index in [2.05, 4.69) is 5.32 Å². The number of methoxy groups -OCH3 is 1. The van der Waals surface area contributed by atoms with E-state index in [4.69, 9.17) is 4.74 Å². The summed E-state index contributed by atoms with van der Waals surface area (Å²) in [5.74, 6) is -1.54. The van der Waals surface area contributed by atoms with E-state index in [0.717, 1.165) is 31.4 Å². The van der Waals surface area contributed by atoms with Gasteiger partial charge in [-0.2, -0.15) is 13.2 Å². The van der Waals surface area contributed by atoms with E-state index in [-0.39, 0.29) is 24.3 Å². The van der Waals surface area contributed by atoms with E-state index in [1.54, 1.807) is 0 Å². The molecule has 0 heterocycles. The lowest BCUT2D eigenvalue weighted by molar-refractivity contribution is -0.148. The fraction of sp³-hybridized carbons (Fsp3) is 0.529. The first-order chi connectivity index (χ1) is 11.3. The van der Waals surface area contributed by atoms with Gasteiger partial charge in [-0.1, -0.05) is 25.0 Å². The number of amides is 1. The fourth-order valence-electron chi connectivity index (χ4n) is 3.16. The normalized spacial score (nSPS) is 21.2. The first-order valence-electron chi connectivity index (χ1n) is 7.87. The van der Waals surface area contributed by atoms with Crippen LogP contribution in [0.4, 0.5) is 13.2 Å². The van der Waals surface area contributed by atoms with Gasteiger partial charge in [0.1, 0.15) is 0 Å². The molecule has 2 rings (SSSR count). The second-order valence-corrected chi connectivity index (χ2v) is 5.93. The third kappa shape index (κ3) is 4.27. The second kappa shape index (κ2) is 7.68. The molecule has 1 aromatic rings. The smallest absolute Gasteiger partial charge is 0.417 e. The van der Waals surface area contributed by atoms with Crippen molar-refractivity contribution in [3.63, 3.8) is 0 Å². The molecule has 1 aliphatic carbocycles. The van der Waals surface area contributed by atoms with Gasteiger partial charge in [0.05, 0.1) is 24.2 Å². The summed E-state index contributed by atoms with van der Waals surface area (Å²) < 4.78 is 43.7. The Balaban J connectivity index is 2.06. The predicted octanol–water partition coefficient (Wildman–Crippen LogP) is 3.41. The molecule has 24 heavy (non-hydrogen) atoms. The highest BCUT2D eigenvalue weighted by Gasteiger charge is 2.36. The Morgan fingerprint density at radius 3 is 2.54 bits per heavy atom. The Hall–Kier alpha value is -2.05. The van der Waals surface area contributed by atoms with Crippen molar-refractivity contribution in [1.82, 2.24) is 5.32 Å². The molecule has 0 spiro atoms. The van der Waals surface area contributed by atoms with Gasteiger partial charge >= 0.3 is 12.1 Å². The number of benzene rings is 1. The molecule has 4 nitrogen and oxygen atoms in total. The molecule has 1 fully saturated rings. The van der Waals surface area contributed by atoms with Gasteiger partial charge in [-0.15, -0.1) is 0 Å². The Kier molecular flexibility index (Phi) is 5.85. The number of hydrogen-bond donors (Lipinski definition) is 1. The van der Waals surface area contributed by atoms with Crippen LogP contribution in [-0.4, -0.2) is 25.5 Å². The minimum atomic E-state index is -4.59. The summed E-state index contributed by atoms with van der Waals surface area (Å²) in [6, 6.07) is 4.67. The molecule has 2 atom stereocenters. The summed E-state index contributed by atoms with van der Waals surface area (Å²) in [5, 5.41) is 2.54. The lowest BCUT2D eigenvalue weighted by Gasteiger charge is -2.29. The van der Waals surface area contributed by atoms with Crippen molar-refractivity contribution in [2.75, 3.05) is 13.7 Å². The zero-order valence-corrected chi connectivity index (χ0v) is 13.4. The van der Waals surface area contributed by atoms with Gasteiger partial charge in [0, 0.05) is 6.54 Å². The summed E-state index contributed by atoms with van der Waals surface area (Å²) in [4.78, 5) is 24.0. The van der Waals surface area contributed by atoms with E-state index >= 15 is 0 Å².